The molecular formula is C12H21N3O3S. The zero-order chi connectivity index (χ0) is 14.1. The molecule has 0 saturated carbocycles. The second kappa shape index (κ2) is 8.71. The number of carbonyl (C=O) groups is 1. The fraction of sp³-hybridized carbons (Fsp3) is 0.667. The number of hydrogen-bond donors (Lipinski definition) is 2. The van der Waals surface area contributed by atoms with E-state index in [1.54, 1.807) is 6.92 Å². The van der Waals surface area contributed by atoms with Crippen LogP contribution in [0.2, 0.25) is 0 Å². The summed E-state index contributed by atoms with van der Waals surface area (Å²) in [6.07, 6.45) is 2.17. The van der Waals surface area contributed by atoms with E-state index in [1.165, 1.54) is 0 Å². The number of hydrogen-bond acceptors (Lipinski definition) is 7. The van der Waals surface area contributed by atoms with Crippen LogP contribution in [0, 0.1) is 0 Å². The van der Waals surface area contributed by atoms with Crippen LogP contribution in [0.3, 0.4) is 0 Å². The third-order valence-corrected chi connectivity index (χ3v) is 3.19. The summed E-state index contributed by atoms with van der Waals surface area (Å²) < 4.78 is 14.3. The van der Waals surface area contributed by atoms with Crippen LogP contribution in [0.5, 0.6) is 0 Å². The van der Waals surface area contributed by atoms with Gasteiger partial charge in [0.2, 0.25) is 0 Å². The van der Waals surface area contributed by atoms with Gasteiger partial charge in [0.05, 0.1) is 13.2 Å². The van der Waals surface area contributed by atoms with Gasteiger partial charge in [0, 0.05) is 13.2 Å². The predicted octanol–water partition coefficient (Wildman–Crippen LogP) is 2.13. The van der Waals surface area contributed by atoms with Crippen molar-refractivity contribution < 1.29 is 14.3 Å². The van der Waals surface area contributed by atoms with E-state index in [0.29, 0.717) is 30.3 Å². The highest BCUT2D eigenvalue weighted by atomic mass is 32.1. The fourth-order valence-electron chi connectivity index (χ4n) is 1.41. The number of rotatable bonds is 9. The Bertz CT molecular complexity index is 396. The van der Waals surface area contributed by atoms with Crippen molar-refractivity contribution >= 4 is 28.3 Å². The summed E-state index contributed by atoms with van der Waals surface area (Å²) in [5.74, 6) is -0.235. The molecule has 3 N–H and O–H groups in total. The first-order chi connectivity index (χ1) is 9.20. The van der Waals surface area contributed by atoms with Crippen molar-refractivity contribution in [2.75, 3.05) is 37.4 Å². The number of esters is 1. The third kappa shape index (κ3) is 5.04. The van der Waals surface area contributed by atoms with Gasteiger partial charge in [-0.2, -0.15) is 4.37 Å². The summed E-state index contributed by atoms with van der Waals surface area (Å²) in [5, 5.41) is 3.73. The second-order valence-electron chi connectivity index (χ2n) is 3.89. The van der Waals surface area contributed by atoms with Crippen molar-refractivity contribution in [3.63, 3.8) is 0 Å². The van der Waals surface area contributed by atoms with E-state index in [2.05, 4.69) is 16.6 Å². The lowest BCUT2D eigenvalue weighted by atomic mass is 10.3. The van der Waals surface area contributed by atoms with Crippen LogP contribution in [0.1, 0.15) is 37.0 Å². The predicted molar refractivity (Wildman–Crippen MR) is 76.7 cm³/mol. The minimum Gasteiger partial charge on any atom is -0.462 e. The topological polar surface area (TPSA) is 86.5 Å². The lowest BCUT2D eigenvalue weighted by Gasteiger charge is -2.07. The normalized spacial score (nSPS) is 10.4. The molecule has 0 fully saturated rings. The van der Waals surface area contributed by atoms with Gasteiger partial charge >= 0.3 is 5.97 Å². The Kier molecular flexibility index (Phi) is 7.20. The van der Waals surface area contributed by atoms with E-state index < -0.39 is 5.97 Å². The monoisotopic (exact) mass is 287 g/mol. The zero-order valence-corrected chi connectivity index (χ0v) is 12.2. The SMILES string of the molecule is CCCCOCCNc1snc(N)c1C(=O)OCC. The van der Waals surface area contributed by atoms with Crippen LogP contribution in [0.4, 0.5) is 10.8 Å². The molecule has 0 atom stereocenters. The Labute approximate surface area is 117 Å². The van der Waals surface area contributed by atoms with E-state index in [9.17, 15) is 4.79 Å². The first kappa shape index (κ1) is 15.7. The number of aromatic nitrogens is 1. The maximum absolute atomic E-state index is 11.7. The molecule has 0 bridgehead atoms. The van der Waals surface area contributed by atoms with E-state index in [-0.39, 0.29) is 5.82 Å². The van der Waals surface area contributed by atoms with Gasteiger partial charge in [0.1, 0.15) is 10.6 Å². The minimum atomic E-state index is -0.442. The molecule has 0 radical (unpaired) electrons. The van der Waals surface area contributed by atoms with E-state index in [1.807, 2.05) is 0 Å². The van der Waals surface area contributed by atoms with E-state index in [4.69, 9.17) is 15.2 Å². The van der Waals surface area contributed by atoms with Crippen molar-refractivity contribution in [1.29, 1.82) is 0 Å². The lowest BCUT2D eigenvalue weighted by molar-refractivity contribution is 0.0529. The molecule has 0 spiro atoms. The number of carbonyl (C=O) groups excluding carboxylic acids is 1. The Morgan fingerprint density at radius 2 is 2.21 bits per heavy atom. The van der Waals surface area contributed by atoms with Crippen LogP contribution < -0.4 is 11.1 Å². The highest BCUT2D eigenvalue weighted by Gasteiger charge is 2.20. The minimum absolute atomic E-state index is 0.206. The van der Waals surface area contributed by atoms with Crippen molar-refractivity contribution in [2.24, 2.45) is 0 Å². The number of nitrogen functional groups attached to an aromatic ring is 1. The molecule has 108 valence electrons. The first-order valence-electron chi connectivity index (χ1n) is 6.44. The largest absolute Gasteiger partial charge is 0.462 e. The Morgan fingerprint density at radius 1 is 1.42 bits per heavy atom. The van der Waals surface area contributed by atoms with Gasteiger partial charge in [-0.3, -0.25) is 0 Å². The van der Waals surface area contributed by atoms with Crippen molar-refractivity contribution in [2.45, 2.75) is 26.7 Å². The number of nitrogens with two attached hydrogens (primary N) is 1. The number of unbranched alkanes of at least 4 members (excludes halogenated alkanes) is 1. The van der Waals surface area contributed by atoms with Crippen molar-refractivity contribution in [3.05, 3.63) is 5.56 Å². The van der Waals surface area contributed by atoms with E-state index in [0.717, 1.165) is 31.0 Å². The summed E-state index contributed by atoms with van der Waals surface area (Å²) >= 11 is 1.16. The quantitative estimate of drug-likeness (QED) is 0.534. The van der Waals surface area contributed by atoms with Gasteiger partial charge in [-0.1, -0.05) is 13.3 Å². The molecule has 1 aromatic heterocycles. The van der Waals surface area contributed by atoms with Crippen LogP contribution in [-0.2, 0) is 9.47 Å². The standard InChI is InChI=1S/C12H21N3O3S/c1-3-5-7-17-8-6-14-11-9(10(13)15-19-11)12(16)18-4-2/h14H,3-8H2,1-2H3,(H2,13,15). The molecule has 0 aromatic carbocycles. The van der Waals surface area contributed by atoms with Gasteiger partial charge < -0.3 is 20.5 Å². The number of ether oxygens (including phenoxy) is 2. The van der Waals surface area contributed by atoms with Gasteiger partial charge in [0.15, 0.2) is 5.82 Å². The molecule has 7 heteroatoms. The van der Waals surface area contributed by atoms with Crippen LogP contribution in [0.25, 0.3) is 0 Å². The molecule has 1 aromatic rings. The molecule has 1 rings (SSSR count). The van der Waals surface area contributed by atoms with Gasteiger partial charge in [-0.15, -0.1) is 0 Å². The average Bonchev–Trinajstić information content (AvgIpc) is 2.75. The summed E-state index contributed by atoms with van der Waals surface area (Å²) in [5.41, 5.74) is 5.99. The third-order valence-electron chi connectivity index (χ3n) is 2.37. The summed E-state index contributed by atoms with van der Waals surface area (Å²) in [4.78, 5) is 11.7. The van der Waals surface area contributed by atoms with Gasteiger partial charge in [-0.25, -0.2) is 4.79 Å². The Morgan fingerprint density at radius 3 is 2.89 bits per heavy atom. The van der Waals surface area contributed by atoms with Crippen molar-refractivity contribution in [3.8, 4) is 0 Å². The molecule has 19 heavy (non-hydrogen) atoms. The van der Waals surface area contributed by atoms with Crippen molar-refractivity contribution in [1.82, 2.24) is 4.37 Å². The lowest BCUT2D eigenvalue weighted by Crippen LogP contribution is -2.13. The molecule has 0 saturated heterocycles. The maximum Gasteiger partial charge on any atom is 0.344 e. The Hall–Kier alpha value is -1.34. The molecule has 0 aliphatic heterocycles. The molecule has 0 aliphatic carbocycles. The summed E-state index contributed by atoms with van der Waals surface area (Å²) in [6, 6.07) is 0. The highest BCUT2D eigenvalue weighted by Crippen LogP contribution is 2.27. The molecule has 0 unspecified atom stereocenters. The summed E-state index contributed by atoms with van der Waals surface area (Å²) in [6.45, 7) is 6.13. The summed E-state index contributed by atoms with van der Waals surface area (Å²) in [7, 11) is 0. The smallest absolute Gasteiger partial charge is 0.344 e. The molecule has 0 aliphatic rings. The highest BCUT2D eigenvalue weighted by molar-refractivity contribution is 7.11. The van der Waals surface area contributed by atoms with Gasteiger partial charge in [0.25, 0.3) is 0 Å². The number of nitrogens with one attached hydrogen (secondary N) is 1. The number of nitrogens with zero attached hydrogens (tertiary/aromatic N) is 1. The van der Waals surface area contributed by atoms with Gasteiger partial charge in [-0.05, 0) is 24.9 Å². The fourth-order valence-corrected chi connectivity index (χ4v) is 2.14. The van der Waals surface area contributed by atoms with E-state index >= 15 is 0 Å². The number of anilines is 2. The van der Waals surface area contributed by atoms with Crippen LogP contribution >= 0.6 is 11.5 Å². The van der Waals surface area contributed by atoms with Crippen LogP contribution in [0.15, 0.2) is 0 Å². The maximum atomic E-state index is 11.7. The average molecular weight is 287 g/mol. The Balaban J connectivity index is 2.43. The first-order valence-corrected chi connectivity index (χ1v) is 7.21. The van der Waals surface area contributed by atoms with Crippen LogP contribution in [-0.4, -0.2) is 36.7 Å². The molecule has 6 nitrogen and oxygen atoms in total. The molecule has 1 heterocycles. The second-order valence-corrected chi connectivity index (χ2v) is 4.66. The zero-order valence-electron chi connectivity index (χ0n) is 11.4. The molecule has 0 amide bonds. The molecular weight excluding hydrogens is 266 g/mol.